The molecule has 2 N–H and O–H groups in total. The first-order valence-electron chi connectivity index (χ1n) is 12.3. The van der Waals surface area contributed by atoms with Crippen LogP contribution >= 0.6 is 23.2 Å². The van der Waals surface area contributed by atoms with Crippen molar-refractivity contribution in [2.75, 3.05) is 23.3 Å². The van der Waals surface area contributed by atoms with Crippen molar-refractivity contribution in [3.8, 4) is 0 Å². The summed E-state index contributed by atoms with van der Waals surface area (Å²) in [7, 11) is 0. The Morgan fingerprint density at radius 3 is 2.31 bits per heavy atom. The lowest BCUT2D eigenvalue weighted by atomic mass is 9.89. The Bertz CT molecular complexity index is 1220. The fraction of sp³-hybridized carbons (Fsp3) is 0.310. The number of anilines is 2. The van der Waals surface area contributed by atoms with E-state index in [2.05, 4.69) is 39.8 Å². The maximum absolute atomic E-state index is 13.1. The van der Waals surface area contributed by atoms with Gasteiger partial charge in [0.05, 0.1) is 16.1 Å². The number of benzene rings is 3. The normalized spacial score (nSPS) is 14.1. The van der Waals surface area contributed by atoms with E-state index in [1.807, 2.05) is 32.0 Å². The van der Waals surface area contributed by atoms with E-state index >= 15 is 0 Å². The van der Waals surface area contributed by atoms with E-state index in [9.17, 15) is 9.59 Å². The monoisotopic (exact) mass is 523 g/mol. The molecule has 0 unspecified atom stereocenters. The molecular weight excluding hydrogens is 493 g/mol. The Labute approximate surface area is 222 Å². The second-order valence-electron chi connectivity index (χ2n) is 9.56. The van der Waals surface area contributed by atoms with Gasteiger partial charge in [-0.3, -0.25) is 9.59 Å². The molecule has 1 saturated heterocycles. The second-order valence-corrected chi connectivity index (χ2v) is 10.4. The molecule has 7 heteroatoms. The number of rotatable bonds is 7. The summed E-state index contributed by atoms with van der Waals surface area (Å²) in [6, 6.07) is 20.8. The predicted molar refractivity (Wildman–Crippen MR) is 149 cm³/mol. The Morgan fingerprint density at radius 2 is 1.64 bits per heavy atom. The molecular formula is C29H31Cl2N3O2. The SMILES string of the molecule is CC(C)NC(=O)c1cc(NC(=O)c2ccc(Cl)cc2Cl)ccc1N1CCC(Cc2ccccc2)CC1. The van der Waals surface area contributed by atoms with Crippen LogP contribution in [0.15, 0.2) is 66.7 Å². The molecule has 0 radical (unpaired) electrons. The summed E-state index contributed by atoms with van der Waals surface area (Å²) in [5.74, 6) is 0.104. The Morgan fingerprint density at radius 1 is 0.917 bits per heavy atom. The van der Waals surface area contributed by atoms with Crippen molar-refractivity contribution in [3.63, 3.8) is 0 Å². The van der Waals surface area contributed by atoms with Gasteiger partial charge in [-0.25, -0.2) is 0 Å². The average Bonchev–Trinajstić information content (AvgIpc) is 2.85. The van der Waals surface area contributed by atoms with Crippen LogP contribution in [0.25, 0.3) is 0 Å². The summed E-state index contributed by atoms with van der Waals surface area (Å²) in [6.45, 7) is 5.62. The van der Waals surface area contributed by atoms with Gasteiger partial charge in [-0.05, 0) is 81.0 Å². The summed E-state index contributed by atoms with van der Waals surface area (Å²) >= 11 is 12.2. The Balaban J connectivity index is 1.51. The molecule has 4 rings (SSSR count). The molecule has 188 valence electrons. The third-order valence-corrected chi connectivity index (χ3v) is 6.96. The summed E-state index contributed by atoms with van der Waals surface area (Å²) in [5, 5.41) is 6.59. The lowest BCUT2D eigenvalue weighted by molar-refractivity contribution is 0.0942. The zero-order chi connectivity index (χ0) is 25.7. The Hall–Kier alpha value is -3.02. The van der Waals surface area contributed by atoms with Crippen LogP contribution in [-0.2, 0) is 6.42 Å². The highest BCUT2D eigenvalue weighted by Crippen LogP contribution is 2.31. The maximum Gasteiger partial charge on any atom is 0.257 e. The van der Waals surface area contributed by atoms with Crippen molar-refractivity contribution in [1.29, 1.82) is 0 Å². The molecule has 0 aliphatic carbocycles. The number of piperidine rings is 1. The Kier molecular flexibility index (Phi) is 8.55. The predicted octanol–water partition coefficient (Wildman–Crippen LogP) is 6.84. The first-order valence-corrected chi connectivity index (χ1v) is 13.1. The van der Waals surface area contributed by atoms with Gasteiger partial charge < -0.3 is 15.5 Å². The molecule has 1 heterocycles. The number of carbonyl (C=O) groups excluding carboxylic acids is 2. The molecule has 0 saturated carbocycles. The molecule has 1 aliphatic heterocycles. The van der Waals surface area contributed by atoms with Crippen molar-refractivity contribution in [2.45, 2.75) is 39.2 Å². The highest BCUT2D eigenvalue weighted by molar-refractivity contribution is 6.37. The number of hydrogen-bond donors (Lipinski definition) is 2. The molecule has 0 aromatic heterocycles. The molecule has 3 aromatic rings. The minimum Gasteiger partial charge on any atom is -0.371 e. The fourth-order valence-corrected chi connectivity index (χ4v) is 5.10. The van der Waals surface area contributed by atoms with E-state index < -0.39 is 0 Å². The molecule has 1 fully saturated rings. The van der Waals surface area contributed by atoms with Gasteiger partial charge in [-0.2, -0.15) is 0 Å². The highest BCUT2D eigenvalue weighted by Gasteiger charge is 2.24. The molecule has 0 spiro atoms. The number of hydrogen-bond acceptors (Lipinski definition) is 3. The average molecular weight is 524 g/mol. The van der Waals surface area contributed by atoms with Crippen LogP contribution in [0.4, 0.5) is 11.4 Å². The topological polar surface area (TPSA) is 61.4 Å². The number of carbonyl (C=O) groups is 2. The van der Waals surface area contributed by atoms with Gasteiger partial charge in [-0.15, -0.1) is 0 Å². The third kappa shape index (κ3) is 6.59. The molecule has 36 heavy (non-hydrogen) atoms. The minimum atomic E-state index is -0.360. The van der Waals surface area contributed by atoms with Crippen LogP contribution in [0.3, 0.4) is 0 Å². The molecule has 2 amide bonds. The van der Waals surface area contributed by atoms with E-state index in [-0.39, 0.29) is 22.9 Å². The van der Waals surface area contributed by atoms with Crippen LogP contribution in [0.1, 0.15) is 53.0 Å². The molecule has 0 atom stereocenters. The minimum absolute atomic E-state index is 0.00641. The maximum atomic E-state index is 13.1. The van der Waals surface area contributed by atoms with Crippen molar-refractivity contribution in [3.05, 3.63) is 93.5 Å². The standard InChI is InChI=1S/C29H31Cl2N3O2/c1-19(2)32-29(36)25-18-23(33-28(35)24-10-8-22(30)17-26(24)31)9-11-27(25)34-14-12-21(13-15-34)16-20-6-4-3-5-7-20/h3-11,17-19,21H,12-16H2,1-2H3,(H,32,36)(H,33,35). The van der Waals surface area contributed by atoms with Gasteiger partial charge in [0, 0.05) is 35.5 Å². The van der Waals surface area contributed by atoms with Crippen LogP contribution in [0.5, 0.6) is 0 Å². The summed E-state index contributed by atoms with van der Waals surface area (Å²) in [5.41, 5.74) is 3.65. The van der Waals surface area contributed by atoms with Crippen LogP contribution in [0.2, 0.25) is 10.0 Å². The van der Waals surface area contributed by atoms with Crippen molar-refractivity contribution >= 4 is 46.4 Å². The van der Waals surface area contributed by atoms with Gasteiger partial charge in [0.15, 0.2) is 0 Å². The van der Waals surface area contributed by atoms with E-state index in [1.54, 1.807) is 18.2 Å². The van der Waals surface area contributed by atoms with Crippen molar-refractivity contribution in [1.82, 2.24) is 5.32 Å². The lowest BCUT2D eigenvalue weighted by Crippen LogP contribution is -2.37. The zero-order valence-electron chi connectivity index (χ0n) is 20.6. The number of nitrogens with one attached hydrogen (secondary N) is 2. The van der Waals surface area contributed by atoms with E-state index in [4.69, 9.17) is 23.2 Å². The first-order chi connectivity index (χ1) is 17.3. The van der Waals surface area contributed by atoms with Crippen LogP contribution in [0, 0.1) is 5.92 Å². The van der Waals surface area contributed by atoms with Crippen molar-refractivity contribution < 1.29 is 9.59 Å². The molecule has 5 nitrogen and oxygen atoms in total. The second kappa shape index (κ2) is 11.8. The van der Waals surface area contributed by atoms with Crippen LogP contribution < -0.4 is 15.5 Å². The van der Waals surface area contributed by atoms with E-state index in [1.165, 1.54) is 11.6 Å². The molecule has 0 bridgehead atoms. The van der Waals surface area contributed by atoms with Crippen LogP contribution in [-0.4, -0.2) is 30.9 Å². The smallest absolute Gasteiger partial charge is 0.257 e. The summed E-state index contributed by atoms with van der Waals surface area (Å²) < 4.78 is 0. The van der Waals surface area contributed by atoms with Gasteiger partial charge in [-0.1, -0.05) is 53.5 Å². The number of nitrogens with zero attached hydrogens (tertiary/aromatic N) is 1. The third-order valence-electron chi connectivity index (χ3n) is 6.42. The highest BCUT2D eigenvalue weighted by atomic mass is 35.5. The van der Waals surface area contributed by atoms with E-state index in [0.717, 1.165) is 38.0 Å². The van der Waals surface area contributed by atoms with Gasteiger partial charge in [0.25, 0.3) is 11.8 Å². The van der Waals surface area contributed by atoms with Gasteiger partial charge in [0.2, 0.25) is 0 Å². The number of halogens is 2. The van der Waals surface area contributed by atoms with Gasteiger partial charge in [0.1, 0.15) is 0 Å². The van der Waals surface area contributed by atoms with Gasteiger partial charge >= 0.3 is 0 Å². The number of amides is 2. The lowest BCUT2D eigenvalue weighted by Gasteiger charge is -2.35. The van der Waals surface area contributed by atoms with E-state index in [0.29, 0.717) is 27.8 Å². The largest absolute Gasteiger partial charge is 0.371 e. The first kappa shape index (κ1) is 26.1. The zero-order valence-corrected chi connectivity index (χ0v) is 22.1. The fourth-order valence-electron chi connectivity index (χ4n) is 4.61. The van der Waals surface area contributed by atoms with Crippen molar-refractivity contribution in [2.24, 2.45) is 5.92 Å². The quantitative estimate of drug-likeness (QED) is 0.356. The molecule has 1 aliphatic rings. The summed E-state index contributed by atoms with van der Waals surface area (Å²) in [4.78, 5) is 28.2. The summed E-state index contributed by atoms with van der Waals surface area (Å²) in [6.07, 6.45) is 3.20. The molecule has 3 aromatic carbocycles.